The van der Waals surface area contributed by atoms with Gasteiger partial charge in [-0.2, -0.15) is 0 Å². The maximum Gasteiger partial charge on any atom is 0.310 e. The Balaban J connectivity index is 1.87. The molecule has 4 rings (SSSR count). The molecule has 0 atom stereocenters. The predicted molar refractivity (Wildman–Crippen MR) is 135 cm³/mol. The minimum Gasteiger partial charge on any atom is -0.430 e. The van der Waals surface area contributed by atoms with E-state index in [-0.39, 0.29) is 11.9 Å². The van der Waals surface area contributed by atoms with Crippen molar-refractivity contribution in [3.05, 3.63) is 82.3 Å². The number of unbranched alkanes of at least 4 members (excludes halogenated alkanes) is 2. The molecule has 0 saturated carbocycles. The lowest BCUT2D eigenvalue weighted by atomic mass is 9.78. The topological polar surface area (TPSA) is 52.6 Å². The van der Waals surface area contributed by atoms with E-state index in [4.69, 9.17) is 9.47 Å². The number of benzene rings is 2. The minimum absolute atomic E-state index is 0.195. The van der Waals surface area contributed by atoms with Gasteiger partial charge in [0.15, 0.2) is 0 Å². The monoisotopic (exact) mass is 458 g/mol. The maximum absolute atomic E-state index is 12.7. The highest BCUT2D eigenvalue weighted by Gasteiger charge is 2.31. The Hall–Kier alpha value is -3.14. The van der Waals surface area contributed by atoms with Crippen LogP contribution in [0.1, 0.15) is 87.5 Å². The standard InChI is InChI=1S/C30H34O4/c1-3-5-15-27(31)33-25-19-17-21-11-7-9-13-23(21)29(25)30-24-14-10-8-12-22(24)18-20-26(30)34-28(32)16-6-4-2/h7-14H,3-6,15-20H2,1-2H3. The van der Waals surface area contributed by atoms with Crippen molar-refractivity contribution in [2.75, 3.05) is 0 Å². The van der Waals surface area contributed by atoms with Crippen molar-refractivity contribution < 1.29 is 19.1 Å². The molecule has 0 heterocycles. The van der Waals surface area contributed by atoms with Crippen LogP contribution in [0.15, 0.2) is 60.0 Å². The molecule has 2 aromatic carbocycles. The van der Waals surface area contributed by atoms with E-state index in [0.717, 1.165) is 60.8 Å². The number of ether oxygens (including phenoxy) is 2. The summed E-state index contributed by atoms with van der Waals surface area (Å²) in [5.41, 5.74) is 6.35. The van der Waals surface area contributed by atoms with Crippen molar-refractivity contribution in [2.45, 2.75) is 78.1 Å². The molecule has 0 fully saturated rings. The first-order valence-corrected chi connectivity index (χ1v) is 12.7. The van der Waals surface area contributed by atoms with E-state index in [1.807, 2.05) is 24.3 Å². The fourth-order valence-corrected chi connectivity index (χ4v) is 4.78. The van der Waals surface area contributed by atoms with Crippen LogP contribution < -0.4 is 0 Å². The highest BCUT2D eigenvalue weighted by Crippen LogP contribution is 2.46. The Kier molecular flexibility index (Phi) is 7.99. The average molecular weight is 459 g/mol. The predicted octanol–water partition coefficient (Wildman–Crippen LogP) is 7.17. The SMILES string of the molecule is CCCCC(=O)OC1=C(C2=C(OC(=O)CCCC)CCc3ccccc32)c2ccccc2CC1. The summed E-state index contributed by atoms with van der Waals surface area (Å²) in [5.74, 6) is 0.988. The van der Waals surface area contributed by atoms with Gasteiger partial charge in [-0.05, 0) is 47.9 Å². The van der Waals surface area contributed by atoms with Crippen molar-refractivity contribution in [2.24, 2.45) is 0 Å². The van der Waals surface area contributed by atoms with Crippen molar-refractivity contribution >= 4 is 23.1 Å². The molecule has 0 unspecified atom stereocenters. The zero-order valence-electron chi connectivity index (χ0n) is 20.3. The quantitative estimate of drug-likeness (QED) is 0.374. The van der Waals surface area contributed by atoms with E-state index in [0.29, 0.717) is 37.2 Å². The van der Waals surface area contributed by atoms with Crippen molar-refractivity contribution in [1.82, 2.24) is 0 Å². The first-order valence-electron chi connectivity index (χ1n) is 12.7. The van der Waals surface area contributed by atoms with Gasteiger partial charge in [-0.25, -0.2) is 0 Å². The first-order chi connectivity index (χ1) is 16.6. The zero-order valence-corrected chi connectivity index (χ0v) is 20.3. The first kappa shape index (κ1) is 24.0. The fourth-order valence-electron chi connectivity index (χ4n) is 4.78. The van der Waals surface area contributed by atoms with Crippen molar-refractivity contribution in [3.8, 4) is 0 Å². The molecule has 178 valence electrons. The number of hydrogen-bond acceptors (Lipinski definition) is 4. The van der Waals surface area contributed by atoms with Gasteiger partial charge in [0.25, 0.3) is 0 Å². The highest BCUT2D eigenvalue weighted by atomic mass is 16.5. The number of allylic oxidation sites excluding steroid dienone is 4. The zero-order chi connectivity index (χ0) is 23.9. The highest BCUT2D eigenvalue weighted by molar-refractivity contribution is 6.09. The number of esters is 2. The van der Waals surface area contributed by atoms with Gasteiger partial charge in [-0.1, -0.05) is 75.2 Å². The van der Waals surface area contributed by atoms with E-state index < -0.39 is 0 Å². The van der Waals surface area contributed by atoms with Gasteiger partial charge >= 0.3 is 11.9 Å². The summed E-state index contributed by atoms with van der Waals surface area (Å²) in [5, 5.41) is 0. The molecule has 2 aliphatic carbocycles. The molecule has 0 N–H and O–H groups in total. The van der Waals surface area contributed by atoms with Crippen LogP contribution in [-0.2, 0) is 31.9 Å². The van der Waals surface area contributed by atoms with E-state index in [9.17, 15) is 9.59 Å². The van der Waals surface area contributed by atoms with Crippen LogP contribution in [0.4, 0.5) is 0 Å². The normalized spacial score (nSPS) is 15.0. The smallest absolute Gasteiger partial charge is 0.310 e. The molecule has 0 bridgehead atoms. The molecule has 0 radical (unpaired) electrons. The Bertz CT molecular complexity index is 1030. The Morgan fingerprint density at radius 2 is 1.06 bits per heavy atom. The van der Waals surface area contributed by atoms with Gasteiger partial charge in [0.2, 0.25) is 0 Å². The van der Waals surface area contributed by atoms with Crippen LogP contribution in [0.3, 0.4) is 0 Å². The molecule has 0 aliphatic heterocycles. The molecule has 2 aromatic rings. The number of carbonyl (C=O) groups excluding carboxylic acids is 2. The van der Waals surface area contributed by atoms with Crippen LogP contribution in [0.5, 0.6) is 0 Å². The number of rotatable bonds is 9. The van der Waals surface area contributed by atoms with Crippen LogP contribution in [0, 0.1) is 0 Å². The minimum atomic E-state index is -0.195. The van der Waals surface area contributed by atoms with Gasteiger partial charge in [0, 0.05) is 36.8 Å². The summed E-state index contributed by atoms with van der Waals surface area (Å²) in [7, 11) is 0. The summed E-state index contributed by atoms with van der Waals surface area (Å²) < 4.78 is 12.0. The molecule has 4 heteroatoms. The summed E-state index contributed by atoms with van der Waals surface area (Å²) >= 11 is 0. The van der Waals surface area contributed by atoms with Gasteiger partial charge in [-0.15, -0.1) is 0 Å². The van der Waals surface area contributed by atoms with Crippen molar-refractivity contribution in [3.63, 3.8) is 0 Å². The molecule has 0 saturated heterocycles. The molecule has 4 nitrogen and oxygen atoms in total. The van der Waals surface area contributed by atoms with Crippen LogP contribution in [0.25, 0.3) is 11.1 Å². The third-order valence-electron chi connectivity index (χ3n) is 6.57. The molecule has 0 spiro atoms. The Labute approximate surface area is 202 Å². The molecule has 34 heavy (non-hydrogen) atoms. The number of carbonyl (C=O) groups is 2. The van der Waals surface area contributed by atoms with Crippen LogP contribution in [0.2, 0.25) is 0 Å². The van der Waals surface area contributed by atoms with E-state index in [1.165, 1.54) is 11.1 Å². The molecular formula is C30H34O4. The lowest BCUT2D eigenvalue weighted by Gasteiger charge is -2.29. The average Bonchev–Trinajstić information content (AvgIpc) is 2.86. The Morgan fingerprint density at radius 1 is 0.647 bits per heavy atom. The summed E-state index contributed by atoms with van der Waals surface area (Å²) in [4.78, 5) is 25.4. The number of aryl methyl sites for hydroxylation is 2. The summed E-state index contributed by atoms with van der Waals surface area (Å²) in [6.45, 7) is 4.13. The lowest BCUT2D eigenvalue weighted by molar-refractivity contribution is -0.140. The largest absolute Gasteiger partial charge is 0.430 e. The fraction of sp³-hybridized carbons (Fsp3) is 0.400. The number of hydrogen-bond donors (Lipinski definition) is 0. The van der Waals surface area contributed by atoms with E-state index in [1.54, 1.807) is 0 Å². The second kappa shape index (κ2) is 11.3. The van der Waals surface area contributed by atoms with Gasteiger partial charge in [0.1, 0.15) is 11.5 Å². The molecule has 0 amide bonds. The molecule has 2 aliphatic rings. The van der Waals surface area contributed by atoms with Crippen LogP contribution >= 0.6 is 0 Å². The maximum atomic E-state index is 12.7. The molecule has 0 aromatic heterocycles. The molecular weight excluding hydrogens is 424 g/mol. The second-order valence-corrected chi connectivity index (χ2v) is 9.07. The lowest BCUT2D eigenvalue weighted by Crippen LogP contribution is -2.17. The van der Waals surface area contributed by atoms with E-state index in [2.05, 4.69) is 38.1 Å². The Morgan fingerprint density at radius 3 is 1.47 bits per heavy atom. The van der Waals surface area contributed by atoms with E-state index >= 15 is 0 Å². The van der Waals surface area contributed by atoms with Crippen molar-refractivity contribution in [1.29, 1.82) is 0 Å². The second-order valence-electron chi connectivity index (χ2n) is 9.07. The van der Waals surface area contributed by atoms with Gasteiger partial charge < -0.3 is 9.47 Å². The third-order valence-corrected chi connectivity index (χ3v) is 6.57. The van der Waals surface area contributed by atoms with Gasteiger partial charge in [0.05, 0.1) is 0 Å². The number of fused-ring (bicyclic) bond motifs is 2. The summed E-state index contributed by atoms with van der Waals surface area (Å²) in [6.07, 6.45) is 7.24. The van der Waals surface area contributed by atoms with Crippen LogP contribution in [-0.4, -0.2) is 11.9 Å². The summed E-state index contributed by atoms with van der Waals surface area (Å²) in [6, 6.07) is 16.6. The van der Waals surface area contributed by atoms with Gasteiger partial charge in [-0.3, -0.25) is 9.59 Å². The third kappa shape index (κ3) is 5.32.